The van der Waals surface area contributed by atoms with Crippen molar-refractivity contribution in [1.82, 2.24) is 5.32 Å². The Bertz CT molecular complexity index is 504. The van der Waals surface area contributed by atoms with E-state index in [1.165, 1.54) is 0 Å². The SMILES string of the molecule is NC(=O)CCNC(=O)c1cc([N+](=O)[O-])ccc1F. The zero-order chi connectivity index (χ0) is 13.7. The van der Waals surface area contributed by atoms with E-state index in [0.717, 1.165) is 18.2 Å². The molecule has 0 saturated heterocycles. The summed E-state index contributed by atoms with van der Waals surface area (Å²) in [5.74, 6) is -2.33. The number of nitro groups is 1. The van der Waals surface area contributed by atoms with Gasteiger partial charge in [-0.1, -0.05) is 0 Å². The van der Waals surface area contributed by atoms with Crippen molar-refractivity contribution < 1.29 is 18.9 Å². The molecule has 0 bridgehead atoms. The quantitative estimate of drug-likeness (QED) is 0.582. The van der Waals surface area contributed by atoms with Crippen molar-refractivity contribution in [3.63, 3.8) is 0 Å². The normalized spacial score (nSPS) is 9.83. The molecule has 96 valence electrons. The zero-order valence-electron chi connectivity index (χ0n) is 9.18. The molecule has 0 aliphatic carbocycles. The minimum atomic E-state index is -0.878. The fourth-order valence-electron chi connectivity index (χ4n) is 1.20. The van der Waals surface area contributed by atoms with Crippen LogP contribution in [0.4, 0.5) is 10.1 Å². The largest absolute Gasteiger partial charge is 0.370 e. The maximum atomic E-state index is 13.3. The Kier molecular flexibility index (Phi) is 4.30. The van der Waals surface area contributed by atoms with Crippen LogP contribution in [0.2, 0.25) is 0 Å². The second kappa shape index (κ2) is 5.71. The fourth-order valence-corrected chi connectivity index (χ4v) is 1.20. The molecular formula is C10H10FN3O4. The van der Waals surface area contributed by atoms with Gasteiger partial charge in [-0.2, -0.15) is 0 Å². The van der Waals surface area contributed by atoms with Crippen molar-refractivity contribution in [2.75, 3.05) is 6.54 Å². The van der Waals surface area contributed by atoms with E-state index in [1.54, 1.807) is 0 Å². The van der Waals surface area contributed by atoms with Crippen LogP contribution in [0, 0.1) is 15.9 Å². The zero-order valence-corrected chi connectivity index (χ0v) is 9.18. The number of nitrogens with zero attached hydrogens (tertiary/aromatic N) is 1. The minimum Gasteiger partial charge on any atom is -0.370 e. The van der Waals surface area contributed by atoms with Gasteiger partial charge in [0.25, 0.3) is 11.6 Å². The summed E-state index contributed by atoms with van der Waals surface area (Å²) in [5.41, 5.74) is 4.01. The molecule has 0 heterocycles. The Labute approximate surface area is 101 Å². The smallest absolute Gasteiger partial charge is 0.270 e. The molecule has 0 saturated carbocycles. The number of amides is 2. The summed E-state index contributed by atoms with van der Waals surface area (Å²) in [6.07, 6.45) is -0.0950. The van der Waals surface area contributed by atoms with Gasteiger partial charge in [0.1, 0.15) is 5.82 Å². The molecule has 3 N–H and O–H groups in total. The molecular weight excluding hydrogens is 245 g/mol. The molecule has 0 spiro atoms. The number of primary amides is 1. The number of non-ortho nitro benzene ring substituents is 1. The first-order valence-electron chi connectivity index (χ1n) is 4.92. The average Bonchev–Trinajstić information content (AvgIpc) is 2.28. The van der Waals surface area contributed by atoms with E-state index >= 15 is 0 Å². The Morgan fingerprint density at radius 2 is 2.11 bits per heavy atom. The van der Waals surface area contributed by atoms with Gasteiger partial charge >= 0.3 is 0 Å². The predicted octanol–water partition coefficient (Wildman–Crippen LogP) is 0.339. The number of carbonyl (C=O) groups is 2. The third-order valence-electron chi connectivity index (χ3n) is 2.06. The molecule has 1 aromatic carbocycles. The summed E-state index contributed by atoms with van der Waals surface area (Å²) in [7, 11) is 0. The predicted molar refractivity (Wildman–Crippen MR) is 59.2 cm³/mol. The van der Waals surface area contributed by atoms with Crippen LogP contribution in [0.3, 0.4) is 0 Å². The molecule has 0 unspecified atom stereocenters. The first kappa shape index (κ1) is 13.6. The number of hydrogen-bond acceptors (Lipinski definition) is 4. The van der Waals surface area contributed by atoms with Crippen LogP contribution in [0.25, 0.3) is 0 Å². The van der Waals surface area contributed by atoms with Crippen molar-refractivity contribution in [2.24, 2.45) is 5.73 Å². The standard InChI is InChI=1S/C10H10FN3O4/c11-8-2-1-6(14(17)18)5-7(8)10(16)13-4-3-9(12)15/h1-2,5H,3-4H2,(H2,12,15)(H,13,16). The maximum Gasteiger partial charge on any atom is 0.270 e. The number of hydrogen-bond donors (Lipinski definition) is 2. The Morgan fingerprint density at radius 1 is 1.44 bits per heavy atom. The highest BCUT2D eigenvalue weighted by atomic mass is 19.1. The number of halogens is 1. The van der Waals surface area contributed by atoms with Crippen LogP contribution >= 0.6 is 0 Å². The van der Waals surface area contributed by atoms with Gasteiger partial charge in [0.15, 0.2) is 0 Å². The Morgan fingerprint density at radius 3 is 2.67 bits per heavy atom. The highest BCUT2D eigenvalue weighted by molar-refractivity contribution is 5.95. The van der Waals surface area contributed by atoms with E-state index in [-0.39, 0.29) is 13.0 Å². The van der Waals surface area contributed by atoms with E-state index in [1.807, 2.05) is 0 Å². The second-order valence-electron chi connectivity index (χ2n) is 3.39. The molecule has 1 aromatic rings. The van der Waals surface area contributed by atoms with Crippen molar-refractivity contribution in [2.45, 2.75) is 6.42 Å². The summed E-state index contributed by atoms with van der Waals surface area (Å²) in [4.78, 5) is 31.7. The lowest BCUT2D eigenvalue weighted by molar-refractivity contribution is -0.384. The van der Waals surface area contributed by atoms with E-state index < -0.39 is 33.8 Å². The second-order valence-corrected chi connectivity index (χ2v) is 3.39. The minimum absolute atomic E-state index is 0.0592. The van der Waals surface area contributed by atoms with E-state index in [4.69, 9.17) is 5.73 Å². The molecule has 0 aliphatic heterocycles. The van der Waals surface area contributed by atoms with Crippen molar-refractivity contribution >= 4 is 17.5 Å². The van der Waals surface area contributed by atoms with Crippen LogP contribution in [-0.2, 0) is 4.79 Å². The molecule has 7 nitrogen and oxygen atoms in total. The monoisotopic (exact) mass is 255 g/mol. The van der Waals surface area contributed by atoms with Gasteiger partial charge in [-0.05, 0) is 6.07 Å². The first-order valence-corrected chi connectivity index (χ1v) is 4.92. The molecule has 0 aromatic heterocycles. The third-order valence-corrected chi connectivity index (χ3v) is 2.06. The van der Waals surface area contributed by atoms with Gasteiger partial charge in [0.05, 0.1) is 10.5 Å². The van der Waals surface area contributed by atoms with Gasteiger partial charge < -0.3 is 11.1 Å². The summed E-state index contributed by atoms with van der Waals surface area (Å²) in [6.45, 7) is -0.0592. The Balaban J connectivity index is 2.81. The summed E-state index contributed by atoms with van der Waals surface area (Å²) in [5, 5.41) is 12.7. The molecule has 1 rings (SSSR count). The molecule has 0 radical (unpaired) electrons. The van der Waals surface area contributed by atoms with Gasteiger partial charge in [0, 0.05) is 25.1 Å². The lowest BCUT2D eigenvalue weighted by Crippen LogP contribution is -2.28. The van der Waals surface area contributed by atoms with Crippen LogP contribution < -0.4 is 11.1 Å². The molecule has 0 fully saturated rings. The molecule has 0 atom stereocenters. The Hall–Kier alpha value is -2.51. The van der Waals surface area contributed by atoms with E-state index in [0.29, 0.717) is 0 Å². The summed E-state index contributed by atoms with van der Waals surface area (Å²) in [6, 6.07) is 2.62. The van der Waals surface area contributed by atoms with Crippen LogP contribution in [0.15, 0.2) is 18.2 Å². The number of carbonyl (C=O) groups excluding carboxylic acids is 2. The van der Waals surface area contributed by atoms with E-state index in [9.17, 15) is 24.1 Å². The lowest BCUT2D eigenvalue weighted by atomic mass is 10.1. The van der Waals surface area contributed by atoms with Gasteiger partial charge in [-0.15, -0.1) is 0 Å². The molecule has 18 heavy (non-hydrogen) atoms. The highest BCUT2D eigenvalue weighted by Gasteiger charge is 2.16. The number of nitrogens with one attached hydrogen (secondary N) is 1. The fraction of sp³-hybridized carbons (Fsp3) is 0.200. The van der Waals surface area contributed by atoms with Crippen LogP contribution in [0.1, 0.15) is 16.8 Å². The van der Waals surface area contributed by atoms with E-state index in [2.05, 4.69) is 5.32 Å². The van der Waals surface area contributed by atoms with Crippen LogP contribution in [-0.4, -0.2) is 23.3 Å². The van der Waals surface area contributed by atoms with Crippen molar-refractivity contribution in [3.05, 3.63) is 39.7 Å². The number of rotatable bonds is 5. The highest BCUT2D eigenvalue weighted by Crippen LogP contribution is 2.16. The number of benzene rings is 1. The van der Waals surface area contributed by atoms with Gasteiger partial charge in [-0.25, -0.2) is 4.39 Å². The topological polar surface area (TPSA) is 115 Å². The average molecular weight is 255 g/mol. The molecule has 8 heteroatoms. The lowest BCUT2D eigenvalue weighted by Gasteiger charge is -2.04. The first-order chi connectivity index (χ1) is 8.41. The van der Waals surface area contributed by atoms with Crippen molar-refractivity contribution in [1.29, 1.82) is 0 Å². The van der Waals surface area contributed by atoms with Gasteiger partial charge in [0.2, 0.25) is 5.91 Å². The maximum absolute atomic E-state index is 13.3. The van der Waals surface area contributed by atoms with Crippen LogP contribution in [0.5, 0.6) is 0 Å². The number of nitrogens with two attached hydrogens (primary N) is 1. The number of nitro benzene ring substituents is 1. The van der Waals surface area contributed by atoms with Gasteiger partial charge in [-0.3, -0.25) is 19.7 Å². The summed E-state index contributed by atoms with van der Waals surface area (Å²) < 4.78 is 13.3. The summed E-state index contributed by atoms with van der Waals surface area (Å²) >= 11 is 0. The van der Waals surface area contributed by atoms with Crippen molar-refractivity contribution in [3.8, 4) is 0 Å². The third kappa shape index (κ3) is 3.51. The molecule has 0 aliphatic rings. The molecule has 2 amide bonds.